The number of hydrogen-bond donors (Lipinski definition) is 6. The molecule has 22 heteroatoms. The summed E-state index contributed by atoms with van der Waals surface area (Å²) in [6.45, 7) is 6.11. The van der Waals surface area contributed by atoms with Gasteiger partial charge in [-0.1, -0.05) is 182 Å². The van der Waals surface area contributed by atoms with Gasteiger partial charge in [0.2, 0.25) is 0 Å². The summed E-state index contributed by atoms with van der Waals surface area (Å²) in [6.07, 6.45) is 11.4. The Bertz CT molecular complexity index is 5460. The van der Waals surface area contributed by atoms with Crippen LogP contribution in [0.1, 0.15) is 113 Å². The molecule has 19 rings (SSSR count). The van der Waals surface area contributed by atoms with Gasteiger partial charge >= 0.3 is 67.7 Å². The van der Waals surface area contributed by atoms with Crippen molar-refractivity contribution >= 4 is 80.9 Å². The van der Waals surface area contributed by atoms with Gasteiger partial charge < -0.3 is 64.2 Å². The van der Waals surface area contributed by atoms with E-state index < -0.39 is 20.2 Å². The van der Waals surface area contributed by atoms with Crippen molar-refractivity contribution in [3.8, 4) is 62.5 Å². The van der Waals surface area contributed by atoms with Gasteiger partial charge in [-0.05, 0) is 285 Å². The predicted octanol–water partition coefficient (Wildman–Crippen LogP) is 14.6. The number of esters is 3. The number of ether oxygens (including phenoxy) is 6. The number of halogens is 2. The maximum absolute atomic E-state index is 12.0. The van der Waals surface area contributed by atoms with Gasteiger partial charge in [0.1, 0.15) is 40.2 Å². The van der Waals surface area contributed by atoms with Crippen LogP contribution in [0.25, 0.3) is 22.3 Å². The van der Waals surface area contributed by atoms with E-state index in [0.717, 1.165) is 137 Å². The average molecular weight is 1720 g/mol. The number of carbonyl (C=O) groups excluding carboxylic acids is 3. The standard InChI is InChI=1S/C26H24O3.C25H22O3.C19H17BrO3.C13H14O3.C7H9BO2.C6H6BBrO2.Na.H2O/c1-17-4-3-5-20(14-17)18-6-9-21(10-7-18)29-22-11-8-19-12-13-26(23(19)15-22)16-24(26)25(27)28-2;1-16-3-2-4-19(13-16)17-5-8-20(9-6-17)28-21-10-7-18-11-12-25(22(18)14-21)15-23(25)24(26)27;1-22-18(21)17-11-19(17)9-8-12-2-5-15(10-16(12)19)23-14-6-3-13(20)4-7-14;1-16-12(15)11-7-13(11)5-4-8-2-3-9(14)6-10(8)13;1-6-3-2-4-7(5-6)8(9)10;8-6-3-1-5(2-4-6)7(9)10;;/h3-11,14-15,24H,12-13,16H2,1-2H3;2-10,13-14,23H,11-12,15H2,1H3,(H,26,27);2-7,10,17H,8-9,11H2,1H3;2-3,6,11,14H,4-5,7H2,1H3;2-5,9-10H,1H3;1-4,9-10H;;1H2/q;;;;;;+1;/p-1/t24-,26-;23-,25-;17-,19-;11-,13-;;;;/m0000..../s1. The Balaban J connectivity index is 0.000000135. The van der Waals surface area contributed by atoms with E-state index in [2.05, 4.69) is 155 Å². The molecule has 0 saturated heterocycles. The molecule has 600 valence electrons. The summed E-state index contributed by atoms with van der Waals surface area (Å²) in [5, 5.41) is 53.7. The summed E-state index contributed by atoms with van der Waals surface area (Å²) in [5.74, 6) is 3.92. The van der Waals surface area contributed by atoms with Crippen LogP contribution in [0.5, 0.6) is 40.2 Å². The first-order valence-electron chi connectivity index (χ1n) is 39.2. The topological polar surface area (TPSA) is 275 Å². The van der Waals surface area contributed by atoms with Crippen molar-refractivity contribution in [1.82, 2.24) is 0 Å². The number of carboxylic acids is 1. The van der Waals surface area contributed by atoms with E-state index in [0.29, 0.717) is 10.9 Å². The molecule has 4 fully saturated rings. The molecule has 17 nitrogen and oxygen atoms in total. The number of phenols is 1. The van der Waals surface area contributed by atoms with Crippen LogP contribution >= 0.6 is 31.9 Å². The first-order valence-corrected chi connectivity index (χ1v) is 40.8. The number of carboxylic acid groups (broad SMARTS) is 1. The molecule has 8 aliphatic rings. The van der Waals surface area contributed by atoms with Crippen LogP contribution in [0.2, 0.25) is 0 Å². The third-order valence-electron chi connectivity index (χ3n) is 24.3. The number of phenolic OH excluding ortho intramolecular Hbond substituents is 1. The predicted molar refractivity (Wildman–Crippen MR) is 458 cm³/mol. The minimum Gasteiger partial charge on any atom is -0.870 e. The molecule has 7 N–H and O–H groups in total. The fraction of sp³-hybridized carbons (Fsp3) is 0.271. The molecular weight excluding hydrogens is 1630 g/mol. The van der Waals surface area contributed by atoms with Gasteiger partial charge in [0.25, 0.3) is 0 Å². The van der Waals surface area contributed by atoms with Gasteiger partial charge in [-0.25, -0.2) is 0 Å². The molecular formula is C96H93B2Br2NaO17. The van der Waals surface area contributed by atoms with Crippen LogP contribution in [0.15, 0.2) is 252 Å². The van der Waals surface area contributed by atoms with Crippen molar-refractivity contribution in [2.75, 3.05) is 21.3 Å². The van der Waals surface area contributed by atoms with Crippen LogP contribution in [-0.2, 0) is 80.7 Å². The van der Waals surface area contributed by atoms with Crippen molar-refractivity contribution in [2.24, 2.45) is 23.7 Å². The maximum Gasteiger partial charge on any atom is 1.00 e. The van der Waals surface area contributed by atoms with Crippen molar-refractivity contribution in [2.45, 2.75) is 119 Å². The first kappa shape index (κ1) is 87.7. The van der Waals surface area contributed by atoms with Crippen molar-refractivity contribution in [3.63, 3.8) is 0 Å². The molecule has 4 saturated carbocycles. The SMILES string of the molecule is COC(=O)[C@@H]1C[C@]12CCc1ccc(O)cc12.COC(=O)[C@@H]1C[C@]12CCc1ccc(Oc3ccc(-c4cccc(C)c4)cc3)cc12.COC(=O)[C@@H]1C[C@]12CCc1ccc(Oc3ccc(Br)cc3)cc12.Cc1cccc(-c2ccc(Oc3ccc4c(c3)[C@]3(CC4)C[C@H]3C(=O)O)cc2)c1.Cc1cccc(B(O)O)c1.OB(O)c1ccc(Br)cc1.[Na+].[OH-]. The Hall–Kier alpha value is -9.61. The van der Waals surface area contributed by atoms with Crippen LogP contribution in [-0.4, -0.2) is 95.2 Å². The Morgan fingerprint density at radius 3 is 0.983 bits per heavy atom. The molecule has 4 spiro atoms. The average Bonchev–Trinajstić information content (AvgIpc) is 1.56. The van der Waals surface area contributed by atoms with Crippen molar-refractivity contribution in [1.29, 1.82) is 0 Å². The zero-order valence-electron chi connectivity index (χ0n) is 67.0. The smallest absolute Gasteiger partial charge is 0.870 e. The monoisotopic (exact) mass is 1720 g/mol. The molecule has 0 aliphatic heterocycles. The Kier molecular flexibility index (Phi) is 27.8. The minimum atomic E-state index is -1.37. The van der Waals surface area contributed by atoms with Crippen LogP contribution in [0.4, 0.5) is 0 Å². The number of methoxy groups -OCH3 is 3. The van der Waals surface area contributed by atoms with E-state index in [-0.39, 0.29) is 104 Å². The number of rotatable bonds is 14. The summed E-state index contributed by atoms with van der Waals surface area (Å²) in [7, 11) is 1.67. The summed E-state index contributed by atoms with van der Waals surface area (Å²) in [6, 6.07) is 79.1. The van der Waals surface area contributed by atoms with E-state index in [4.69, 9.17) is 48.5 Å². The summed E-state index contributed by atoms with van der Waals surface area (Å²) in [4.78, 5) is 46.9. The molecule has 0 heterocycles. The second-order valence-electron chi connectivity index (χ2n) is 31.6. The molecule has 8 aliphatic carbocycles. The molecule has 11 aromatic carbocycles. The largest absolute Gasteiger partial charge is 1.00 e. The third kappa shape index (κ3) is 19.5. The van der Waals surface area contributed by atoms with Crippen LogP contribution in [0.3, 0.4) is 0 Å². The van der Waals surface area contributed by atoms with Crippen LogP contribution in [0, 0.1) is 44.4 Å². The zero-order chi connectivity index (χ0) is 81.8. The third-order valence-corrected chi connectivity index (χ3v) is 25.4. The van der Waals surface area contributed by atoms with E-state index in [1.165, 1.54) is 88.1 Å². The molecule has 0 amide bonds. The number of aliphatic carboxylic acids is 1. The molecule has 11 aromatic rings. The van der Waals surface area contributed by atoms with Gasteiger partial charge in [-0.3, -0.25) is 19.2 Å². The first-order chi connectivity index (χ1) is 55.8. The van der Waals surface area contributed by atoms with Gasteiger partial charge in [-0.2, -0.15) is 0 Å². The second kappa shape index (κ2) is 37.4. The number of aromatic hydroxyl groups is 1. The molecule has 118 heavy (non-hydrogen) atoms. The second-order valence-corrected chi connectivity index (χ2v) is 33.4. The Morgan fingerprint density at radius 1 is 0.356 bits per heavy atom. The molecule has 0 radical (unpaired) electrons. The molecule has 0 unspecified atom stereocenters. The van der Waals surface area contributed by atoms with E-state index in [9.17, 15) is 29.4 Å². The van der Waals surface area contributed by atoms with E-state index in [1.807, 2.05) is 91.9 Å². The van der Waals surface area contributed by atoms with Gasteiger partial charge in [0.05, 0.1) is 45.0 Å². The molecule has 8 atom stereocenters. The molecule has 0 aromatic heterocycles. The molecule has 0 bridgehead atoms. The van der Waals surface area contributed by atoms with Gasteiger partial charge in [-0.15, -0.1) is 0 Å². The number of hydrogen-bond acceptors (Lipinski definition) is 16. The number of fused-ring (bicyclic) bond motifs is 8. The number of benzene rings is 11. The Morgan fingerprint density at radius 2 is 0.661 bits per heavy atom. The quantitative estimate of drug-likeness (QED) is 0.0335. The van der Waals surface area contributed by atoms with Crippen molar-refractivity contribution in [3.05, 3.63) is 313 Å². The number of aryl methyl sites for hydroxylation is 7. The van der Waals surface area contributed by atoms with E-state index in [1.54, 1.807) is 48.5 Å². The van der Waals surface area contributed by atoms with Crippen LogP contribution < -0.4 is 54.7 Å². The van der Waals surface area contributed by atoms with Gasteiger partial charge in [0, 0.05) is 30.6 Å². The van der Waals surface area contributed by atoms with Crippen molar-refractivity contribution < 1.29 is 113 Å². The normalized spacial score (nSPS) is 21.0. The summed E-state index contributed by atoms with van der Waals surface area (Å²) >= 11 is 6.65. The minimum absolute atomic E-state index is 0. The fourth-order valence-electron chi connectivity index (χ4n) is 17.8. The summed E-state index contributed by atoms with van der Waals surface area (Å²) in [5.41, 5.74) is 19.1. The zero-order valence-corrected chi connectivity index (χ0v) is 72.2. The Labute approximate surface area is 727 Å². The van der Waals surface area contributed by atoms with Gasteiger partial charge in [0.15, 0.2) is 0 Å². The number of carbonyl (C=O) groups is 4. The summed E-state index contributed by atoms with van der Waals surface area (Å²) < 4.78 is 34.9. The maximum atomic E-state index is 12.0. The fourth-order valence-corrected chi connectivity index (χ4v) is 18.3. The van der Waals surface area contributed by atoms with E-state index >= 15 is 0 Å².